The van der Waals surface area contributed by atoms with Gasteiger partial charge < -0.3 is 10.6 Å². The maximum absolute atomic E-state index is 12.6. The summed E-state index contributed by atoms with van der Waals surface area (Å²) in [5.41, 5.74) is 5.97. The van der Waals surface area contributed by atoms with Crippen LogP contribution in [0.25, 0.3) is 0 Å². The van der Waals surface area contributed by atoms with Crippen LogP contribution in [-0.2, 0) is 10.0 Å². The van der Waals surface area contributed by atoms with Crippen LogP contribution in [-0.4, -0.2) is 50.3 Å². The van der Waals surface area contributed by atoms with Crippen LogP contribution < -0.4 is 5.73 Å². The Balaban J connectivity index is 2.29. The fraction of sp³-hybridized carbons (Fsp3) is 0.500. The number of nitrogen functional groups attached to an aromatic ring is 1. The van der Waals surface area contributed by atoms with Crippen LogP contribution in [0.3, 0.4) is 0 Å². The summed E-state index contributed by atoms with van der Waals surface area (Å²) >= 11 is 5.99. The predicted octanol–water partition coefficient (Wildman–Crippen LogP) is 1.25. The molecule has 1 fully saturated rings. The summed E-state index contributed by atoms with van der Waals surface area (Å²) in [6, 6.07) is 4.75. The lowest BCUT2D eigenvalue weighted by molar-refractivity contribution is 0.196. The number of benzene rings is 1. The van der Waals surface area contributed by atoms with Gasteiger partial charge in [-0.2, -0.15) is 4.31 Å². The third kappa shape index (κ3) is 2.86. The minimum atomic E-state index is -3.61. The molecule has 19 heavy (non-hydrogen) atoms. The fourth-order valence-corrected chi connectivity index (χ4v) is 4.27. The lowest BCUT2D eigenvalue weighted by Crippen LogP contribution is -2.48. The molecule has 1 aromatic rings. The van der Waals surface area contributed by atoms with Crippen molar-refractivity contribution in [3.63, 3.8) is 0 Å². The van der Waals surface area contributed by atoms with Crippen molar-refractivity contribution in [3.05, 3.63) is 23.2 Å². The molecule has 0 aliphatic carbocycles. The minimum Gasteiger partial charge on any atom is -0.398 e. The Morgan fingerprint density at radius 1 is 1.26 bits per heavy atom. The number of hydrogen-bond acceptors (Lipinski definition) is 4. The second kappa shape index (κ2) is 5.66. The molecule has 0 unspecified atom stereocenters. The van der Waals surface area contributed by atoms with E-state index in [1.165, 1.54) is 4.31 Å². The van der Waals surface area contributed by atoms with E-state index >= 15 is 0 Å². The maximum Gasteiger partial charge on any atom is 0.246 e. The number of hydrogen-bond donors (Lipinski definition) is 1. The summed E-state index contributed by atoms with van der Waals surface area (Å²) in [5.74, 6) is 0. The average Bonchev–Trinajstić information content (AvgIpc) is 2.38. The third-order valence-corrected chi connectivity index (χ3v) is 5.82. The van der Waals surface area contributed by atoms with Crippen LogP contribution in [0, 0.1) is 0 Å². The van der Waals surface area contributed by atoms with Gasteiger partial charge in [0.05, 0.1) is 10.7 Å². The highest BCUT2D eigenvalue weighted by atomic mass is 35.5. The number of sulfonamides is 1. The number of nitrogens with zero attached hydrogens (tertiary/aromatic N) is 2. The standard InChI is InChI=1S/C12H18ClN3O2S/c1-2-15-6-8-16(9-7-15)19(17,18)12-10(13)4-3-5-11(12)14/h3-5H,2,6-9,14H2,1H3. The molecule has 1 heterocycles. The van der Waals surface area contributed by atoms with E-state index in [1.54, 1.807) is 18.2 Å². The Bertz CT molecular complexity index is 534. The van der Waals surface area contributed by atoms with Crippen LogP contribution in [0.2, 0.25) is 5.02 Å². The molecular formula is C12H18ClN3O2S. The zero-order valence-corrected chi connectivity index (χ0v) is 12.4. The lowest BCUT2D eigenvalue weighted by atomic mass is 10.3. The molecule has 0 spiro atoms. The molecule has 0 amide bonds. The van der Waals surface area contributed by atoms with Crippen molar-refractivity contribution in [2.45, 2.75) is 11.8 Å². The lowest BCUT2D eigenvalue weighted by Gasteiger charge is -2.33. The number of halogens is 1. The zero-order chi connectivity index (χ0) is 14.0. The normalized spacial score (nSPS) is 18.6. The number of anilines is 1. The molecule has 2 N–H and O–H groups in total. The van der Waals surface area contributed by atoms with E-state index in [1.807, 2.05) is 0 Å². The number of rotatable bonds is 3. The Kier molecular flexibility index (Phi) is 4.35. The molecule has 7 heteroatoms. The highest BCUT2D eigenvalue weighted by Gasteiger charge is 2.31. The first-order chi connectivity index (χ1) is 8.96. The van der Waals surface area contributed by atoms with E-state index in [0.717, 1.165) is 19.6 Å². The molecule has 0 aromatic heterocycles. The maximum atomic E-state index is 12.6. The van der Waals surface area contributed by atoms with Crippen LogP contribution in [0.1, 0.15) is 6.92 Å². The van der Waals surface area contributed by atoms with Gasteiger partial charge in [0, 0.05) is 26.2 Å². The Hall–Kier alpha value is -0.820. The smallest absolute Gasteiger partial charge is 0.246 e. The average molecular weight is 304 g/mol. The highest BCUT2D eigenvalue weighted by Crippen LogP contribution is 2.30. The largest absolute Gasteiger partial charge is 0.398 e. The summed E-state index contributed by atoms with van der Waals surface area (Å²) in [5, 5.41) is 0.179. The van der Waals surface area contributed by atoms with Crippen LogP contribution in [0.4, 0.5) is 5.69 Å². The molecule has 0 atom stereocenters. The molecular weight excluding hydrogens is 286 g/mol. The van der Waals surface area contributed by atoms with Gasteiger partial charge in [-0.15, -0.1) is 0 Å². The Morgan fingerprint density at radius 2 is 1.89 bits per heavy atom. The van der Waals surface area contributed by atoms with E-state index in [4.69, 9.17) is 17.3 Å². The summed E-state index contributed by atoms with van der Waals surface area (Å²) in [7, 11) is -3.61. The molecule has 2 rings (SSSR count). The van der Waals surface area contributed by atoms with Crippen molar-refractivity contribution >= 4 is 27.3 Å². The number of piperazine rings is 1. The van der Waals surface area contributed by atoms with Crippen molar-refractivity contribution in [2.75, 3.05) is 38.5 Å². The van der Waals surface area contributed by atoms with E-state index in [-0.39, 0.29) is 15.6 Å². The second-order valence-electron chi connectivity index (χ2n) is 4.50. The molecule has 0 saturated carbocycles. The molecule has 5 nitrogen and oxygen atoms in total. The van der Waals surface area contributed by atoms with Gasteiger partial charge in [-0.3, -0.25) is 0 Å². The second-order valence-corrected chi connectivity index (χ2v) is 6.78. The highest BCUT2D eigenvalue weighted by molar-refractivity contribution is 7.89. The van der Waals surface area contributed by atoms with Crippen molar-refractivity contribution < 1.29 is 8.42 Å². The first kappa shape index (κ1) is 14.6. The van der Waals surface area contributed by atoms with Gasteiger partial charge in [0.15, 0.2) is 0 Å². The predicted molar refractivity (Wildman–Crippen MR) is 76.7 cm³/mol. The Morgan fingerprint density at radius 3 is 2.42 bits per heavy atom. The first-order valence-corrected chi connectivity index (χ1v) is 8.05. The molecule has 106 valence electrons. The first-order valence-electron chi connectivity index (χ1n) is 6.23. The molecule has 1 aliphatic rings. The molecule has 1 saturated heterocycles. The van der Waals surface area contributed by atoms with Gasteiger partial charge in [0.25, 0.3) is 0 Å². The van der Waals surface area contributed by atoms with Crippen LogP contribution in [0.5, 0.6) is 0 Å². The van der Waals surface area contributed by atoms with Gasteiger partial charge in [0.2, 0.25) is 10.0 Å². The van der Waals surface area contributed by atoms with Gasteiger partial charge in [-0.05, 0) is 18.7 Å². The van der Waals surface area contributed by atoms with Gasteiger partial charge in [-0.1, -0.05) is 24.6 Å². The summed E-state index contributed by atoms with van der Waals surface area (Å²) in [4.78, 5) is 2.24. The van der Waals surface area contributed by atoms with E-state index < -0.39 is 10.0 Å². The van der Waals surface area contributed by atoms with Crippen molar-refractivity contribution in [2.24, 2.45) is 0 Å². The fourth-order valence-electron chi connectivity index (χ4n) is 2.21. The molecule has 0 bridgehead atoms. The SMILES string of the molecule is CCN1CCN(S(=O)(=O)c2c(N)cccc2Cl)CC1. The monoisotopic (exact) mass is 303 g/mol. The quantitative estimate of drug-likeness (QED) is 0.854. The summed E-state index contributed by atoms with van der Waals surface area (Å²) in [6.45, 7) is 5.42. The topological polar surface area (TPSA) is 66.6 Å². The van der Waals surface area contributed by atoms with E-state index in [9.17, 15) is 8.42 Å². The van der Waals surface area contributed by atoms with Crippen LogP contribution >= 0.6 is 11.6 Å². The van der Waals surface area contributed by atoms with Crippen molar-refractivity contribution in [1.29, 1.82) is 0 Å². The summed E-state index contributed by atoms with van der Waals surface area (Å²) < 4.78 is 26.6. The van der Waals surface area contributed by atoms with Gasteiger partial charge >= 0.3 is 0 Å². The molecule has 1 aliphatic heterocycles. The molecule has 1 aromatic carbocycles. The van der Waals surface area contributed by atoms with Crippen molar-refractivity contribution in [3.8, 4) is 0 Å². The Labute approximate surface area is 119 Å². The number of nitrogens with two attached hydrogens (primary N) is 1. The number of likely N-dealkylation sites (N-methyl/N-ethyl adjacent to an activating group) is 1. The summed E-state index contributed by atoms with van der Waals surface area (Å²) in [6.07, 6.45) is 0. The van der Waals surface area contributed by atoms with Crippen molar-refractivity contribution in [1.82, 2.24) is 9.21 Å². The van der Waals surface area contributed by atoms with Gasteiger partial charge in [0.1, 0.15) is 4.90 Å². The third-order valence-electron chi connectivity index (χ3n) is 3.37. The van der Waals surface area contributed by atoms with Gasteiger partial charge in [-0.25, -0.2) is 8.42 Å². The minimum absolute atomic E-state index is 0.0293. The molecule has 0 radical (unpaired) electrons. The van der Waals surface area contributed by atoms with Crippen LogP contribution in [0.15, 0.2) is 23.1 Å². The zero-order valence-electron chi connectivity index (χ0n) is 10.8. The van der Waals surface area contributed by atoms with E-state index in [2.05, 4.69) is 11.8 Å². The van der Waals surface area contributed by atoms with E-state index in [0.29, 0.717) is 13.1 Å².